The van der Waals surface area contributed by atoms with E-state index < -0.39 is 27.5 Å². The molecule has 0 N–H and O–H groups in total. The number of thiazole rings is 1. The van der Waals surface area contributed by atoms with Crippen molar-refractivity contribution in [2.24, 2.45) is 0 Å². The van der Waals surface area contributed by atoms with Crippen molar-refractivity contribution in [2.75, 3.05) is 20.1 Å². The van der Waals surface area contributed by atoms with Crippen molar-refractivity contribution in [3.63, 3.8) is 0 Å². The Morgan fingerprint density at radius 1 is 1.12 bits per heavy atom. The summed E-state index contributed by atoms with van der Waals surface area (Å²) in [6.07, 6.45) is 0.872. The molecular formula is C21H21F3N2O4S2. The van der Waals surface area contributed by atoms with E-state index in [-0.39, 0.29) is 6.10 Å². The summed E-state index contributed by atoms with van der Waals surface area (Å²) in [5.74, 6) is -0.432. The number of piperidine rings is 1. The van der Waals surface area contributed by atoms with Gasteiger partial charge in [-0.05, 0) is 49.7 Å². The molecule has 2 aromatic carbocycles. The monoisotopic (exact) mass is 486 g/mol. The predicted octanol–water partition coefficient (Wildman–Crippen LogP) is 4.72. The highest BCUT2D eigenvalue weighted by Crippen LogP contribution is 2.37. The van der Waals surface area contributed by atoms with Gasteiger partial charge in [-0.25, -0.2) is 4.98 Å². The molecule has 11 heteroatoms. The lowest BCUT2D eigenvalue weighted by Gasteiger charge is -2.31. The van der Waals surface area contributed by atoms with Crippen LogP contribution in [-0.2, 0) is 14.9 Å². The van der Waals surface area contributed by atoms with Gasteiger partial charge in [0, 0.05) is 13.1 Å². The Morgan fingerprint density at radius 2 is 1.84 bits per heavy atom. The van der Waals surface area contributed by atoms with E-state index in [2.05, 4.69) is 14.1 Å². The Morgan fingerprint density at radius 3 is 2.53 bits per heavy atom. The Hall–Kier alpha value is -2.21. The molecule has 1 aliphatic heterocycles. The number of hydrogen-bond acceptors (Lipinski definition) is 7. The molecule has 2 heterocycles. The van der Waals surface area contributed by atoms with Crippen molar-refractivity contribution in [3.8, 4) is 5.75 Å². The van der Waals surface area contributed by atoms with Crippen LogP contribution in [0.3, 0.4) is 0 Å². The van der Waals surface area contributed by atoms with Gasteiger partial charge in [0.25, 0.3) is 0 Å². The molecule has 1 saturated heterocycles. The standard InChI is InChI=1S/C21H21F3N2O4S2/c1-26-11-9-15(10-12-26)29-19(20-25-17-7-2-3-8-18(17)31-20)14-5-4-6-16(13-14)30-32(27,28)21(22,23)24/h2-8,13,15,19H,9-12H2,1H3. The number of ether oxygens (including phenoxy) is 1. The number of nitrogens with zero attached hydrogens (tertiary/aromatic N) is 2. The highest BCUT2D eigenvalue weighted by molar-refractivity contribution is 7.88. The molecule has 32 heavy (non-hydrogen) atoms. The molecule has 0 radical (unpaired) electrons. The normalized spacial score (nSPS) is 17.5. The Kier molecular flexibility index (Phi) is 6.44. The lowest BCUT2D eigenvalue weighted by molar-refractivity contribution is -0.0500. The van der Waals surface area contributed by atoms with Crippen LogP contribution in [0, 0.1) is 0 Å². The lowest BCUT2D eigenvalue weighted by atomic mass is 10.1. The van der Waals surface area contributed by atoms with Gasteiger partial charge < -0.3 is 13.8 Å². The van der Waals surface area contributed by atoms with Gasteiger partial charge >= 0.3 is 15.6 Å². The number of likely N-dealkylation sites (tertiary alicyclic amines) is 1. The van der Waals surface area contributed by atoms with E-state index in [1.807, 2.05) is 31.3 Å². The molecule has 0 saturated carbocycles. The molecule has 0 aliphatic carbocycles. The van der Waals surface area contributed by atoms with E-state index >= 15 is 0 Å². The maximum Gasteiger partial charge on any atom is 0.534 e. The summed E-state index contributed by atoms with van der Waals surface area (Å²) in [6.45, 7) is 1.73. The van der Waals surface area contributed by atoms with E-state index in [9.17, 15) is 21.6 Å². The minimum atomic E-state index is -5.77. The molecule has 4 rings (SSSR count). The molecule has 0 amide bonds. The second kappa shape index (κ2) is 8.97. The van der Waals surface area contributed by atoms with Crippen LogP contribution in [-0.4, -0.2) is 50.1 Å². The smallest absolute Gasteiger partial charge is 0.376 e. The summed E-state index contributed by atoms with van der Waals surface area (Å²) < 4.78 is 72.8. The third-order valence-corrected chi connectivity index (χ3v) is 7.24. The van der Waals surface area contributed by atoms with Gasteiger partial charge in [0.15, 0.2) is 0 Å². The zero-order valence-corrected chi connectivity index (χ0v) is 18.7. The van der Waals surface area contributed by atoms with Crippen LogP contribution in [0.4, 0.5) is 13.2 Å². The van der Waals surface area contributed by atoms with Crippen molar-refractivity contribution in [1.29, 1.82) is 0 Å². The number of rotatable bonds is 6. The second-order valence-corrected chi connectivity index (χ2v) is 10.2. The summed E-state index contributed by atoms with van der Waals surface area (Å²) in [7, 11) is -3.74. The fourth-order valence-electron chi connectivity index (χ4n) is 3.50. The molecular weight excluding hydrogens is 465 g/mol. The summed E-state index contributed by atoms with van der Waals surface area (Å²) >= 11 is 1.43. The fourth-order valence-corrected chi connectivity index (χ4v) is 4.98. The van der Waals surface area contributed by atoms with E-state index in [1.165, 1.54) is 23.5 Å². The van der Waals surface area contributed by atoms with Gasteiger partial charge in [-0.3, -0.25) is 0 Å². The number of benzene rings is 2. The van der Waals surface area contributed by atoms with Crippen LogP contribution >= 0.6 is 11.3 Å². The Bertz CT molecular complexity index is 1160. The van der Waals surface area contributed by atoms with Gasteiger partial charge in [-0.15, -0.1) is 11.3 Å². The van der Waals surface area contributed by atoms with Crippen LogP contribution in [0.15, 0.2) is 48.5 Å². The average molecular weight is 487 g/mol. The Balaban J connectivity index is 1.68. The third kappa shape index (κ3) is 5.06. The minimum absolute atomic E-state index is 0.0632. The molecule has 1 aromatic heterocycles. The van der Waals surface area contributed by atoms with E-state index in [1.54, 1.807) is 6.07 Å². The van der Waals surface area contributed by atoms with E-state index in [4.69, 9.17) is 4.74 Å². The molecule has 0 bridgehead atoms. The minimum Gasteiger partial charge on any atom is -0.376 e. The van der Waals surface area contributed by atoms with Gasteiger partial charge in [0.1, 0.15) is 16.9 Å². The van der Waals surface area contributed by atoms with Crippen molar-refractivity contribution in [1.82, 2.24) is 9.88 Å². The first-order valence-electron chi connectivity index (χ1n) is 9.92. The molecule has 172 valence electrons. The van der Waals surface area contributed by atoms with Crippen molar-refractivity contribution >= 4 is 31.7 Å². The third-order valence-electron chi connectivity index (χ3n) is 5.18. The summed E-state index contributed by atoms with van der Waals surface area (Å²) in [5, 5.41) is 0.640. The zero-order valence-electron chi connectivity index (χ0n) is 17.1. The van der Waals surface area contributed by atoms with Crippen LogP contribution in [0.25, 0.3) is 10.2 Å². The zero-order chi connectivity index (χ0) is 22.9. The van der Waals surface area contributed by atoms with Gasteiger partial charge in [-0.2, -0.15) is 21.6 Å². The maximum atomic E-state index is 12.8. The van der Waals surface area contributed by atoms with Crippen LogP contribution < -0.4 is 4.18 Å². The van der Waals surface area contributed by atoms with Gasteiger partial charge in [-0.1, -0.05) is 24.3 Å². The molecule has 1 atom stereocenters. The van der Waals surface area contributed by atoms with Crippen LogP contribution in [0.1, 0.15) is 29.5 Å². The number of alkyl halides is 3. The largest absolute Gasteiger partial charge is 0.534 e. The van der Waals surface area contributed by atoms with Crippen molar-refractivity contribution in [3.05, 3.63) is 59.1 Å². The summed E-state index contributed by atoms with van der Waals surface area (Å²) in [4.78, 5) is 6.85. The fraction of sp³-hybridized carbons (Fsp3) is 0.381. The Labute approximate surface area is 187 Å². The first-order chi connectivity index (χ1) is 15.1. The highest BCUT2D eigenvalue weighted by atomic mass is 32.2. The molecule has 0 spiro atoms. The number of hydrogen-bond donors (Lipinski definition) is 0. The summed E-state index contributed by atoms with van der Waals surface area (Å²) in [5.41, 5.74) is -4.26. The maximum absolute atomic E-state index is 12.8. The van der Waals surface area contributed by atoms with Gasteiger partial charge in [0.2, 0.25) is 0 Å². The molecule has 6 nitrogen and oxygen atoms in total. The van der Waals surface area contributed by atoms with E-state index in [0.29, 0.717) is 10.6 Å². The van der Waals surface area contributed by atoms with Crippen molar-refractivity contribution in [2.45, 2.75) is 30.6 Å². The first-order valence-corrected chi connectivity index (χ1v) is 12.1. The summed E-state index contributed by atoms with van der Waals surface area (Å²) in [6, 6.07) is 13.1. The van der Waals surface area contributed by atoms with Crippen LogP contribution in [0.5, 0.6) is 5.75 Å². The first kappa shape index (κ1) is 23.0. The molecule has 1 unspecified atom stereocenters. The number of aromatic nitrogens is 1. The van der Waals surface area contributed by atoms with Crippen LogP contribution in [0.2, 0.25) is 0 Å². The topological polar surface area (TPSA) is 68.7 Å². The predicted molar refractivity (Wildman–Crippen MR) is 115 cm³/mol. The SMILES string of the molecule is CN1CCC(OC(c2cccc(OS(=O)(=O)C(F)(F)F)c2)c2nc3ccccc3s2)CC1. The number of fused-ring (bicyclic) bond motifs is 1. The lowest BCUT2D eigenvalue weighted by Crippen LogP contribution is -2.35. The average Bonchev–Trinajstić information content (AvgIpc) is 3.16. The second-order valence-electron chi connectivity index (χ2n) is 7.59. The van der Waals surface area contributed by atoms with Crippen molar-refractivity contribution < 1.29 is 30.5 Å². The number of para-hydroxylation sites is 1. The van der Waals surface area contributed by atoms with E-state index in [0.717, 1.165) is 42.2 Å². The highest BCUT2D eigenvalue weighted by Gasteiger charge is 2.48. The molecule has 3 aromatic rings. The van der Waals surface area contributed by atoms with Gasteiger partial charge in [0.05, 0.1) is 16.3 Å². The number of halogens is 3. The quantitative estimate of drug-likeness (QED) is 0.371. The molecule has 1 aliphatic rings. The molecule has 1 fully saturated rings.